The predicted molar refractivity (Wildman–Crippen MR) is 78.0 cm³/mol. The van der Waals surface area contributed by atoms with Crippen LogP contribution < -0.4 is 5.32 Å². The van der Waals surface area contributed by atoms with E-state index in [1.807, 2.05) is 34.6 Å². The highest BCUT2D eigenvalue weighted by molar-refractivity contribution is 5.89. The fourth-order valence-corrected chi connectivity index (χ4v) is 1.50. The number of rotatable bonds is 6. The van der Waals surface area contributed by atoms with Gasteiger partial charge in [0, 0.05) is 0 Å². The molecule has 0 heterocycles. The smallest absolute Gasteiger partial charge is 0.354 e. The van der Waals surface area contributed by atoms with Gasteiger partial charge in [-0.15, -0.1) is 0 Å². The summed E-state index contributed by atoms with van der Waals surface area (Å²) in [5.74, 6) is -0.866. The SMILES string of the molecule is C/C=C(\N[C@@H](C(=O)OC(C)(C)C)C(C)C)C(=O)OCC. The number of ether oxygens (including phenoxy) is 2. The van der Waals surface area contributed by atoms with Crippen LogP contribution in [0.4, 0.5) is 0 Å². The zero-order valence-electron chi connectivity index (χ0n) is 13.6. The summed E-state index contributed by atoms with van der Waals surface area (Å²) in [6.45, 7) is 12.9. The van der Waals surface area contributed by atoms with Crippen molar-refractivity contribution >= 4 is 11.9 Å². The van der Waals surface area contributed by atoms with Crippen molar-refractivity contribution in [2.75, 3.05) is 6.61 Å². The van der Waals surface area contributed by atoms with Crippen LogP contribution in [0.25, 0.3) is 0 Å². The first-order valence-corrected chi connectivity index (χ1v) is 6.95. The lowest BCUT2D eigenvalue weighted by Crippen LogP contribution is -2.45. The van der Waals surface area contributed by atoms with Crippen molar-refractivity contribution in [3.63, 3.8) is 0 Å². The number of hydrogen-bond acceptors (Lipinski definition) is 5. The Morgan fingerprint density at radius 3 is 2.15 bits per heavy atom. The summed E-state index contributed by atoms with van der Waals surface area (Å²) in [5.41, 5.74) is -0.289. The number of nitrogens with one attached hydrogen (secondary N) is 1. The molecule has 0 saturated carbocycles. The van der Waals surface area contributed by atoms with Crippen LogP contribution >= 0.6 is 0 Å². The van der Waals surface area contributed by atoms with Crippen LogP contribution in [0.5, 0.6) is 0 Å². The van der Waals surface area contributed by atoms with Gasteiger partial charge in [0.15, 0.2) is 0 Å². The maximum absolute atomic E-state index is 12.2. The molecule has 0 saturated heterocycles. The van der Waals surface area contributed by atoms with E-state index in [0.29, 0.717) is 0 Å². The molecule has 20 heavy (non-hydrogen) atoms. The highest BCUT2D eigenvalue weighted by Gasteiger charge is 2.29. The lowest BCUT2D eigenvalue weighted by Gasteiger charge is -2.27. The first-order chi connectivity index (χ1) is 9.12. The third-order valence-corrected chi connectivity index (χ3v) is 2.42. The van der Waals surface area contributed by atoms with E-state index in [4.69, 9.17) is 9.47 Å². The van der Waals surface area contributed by atoms with Crippen LogP contribution in [-0.4, -0.2) is 30.2 Å². The van der Waals surface area contributed by atoms with Crippen molar-refractivity contribution < 1.29 is 19.1 Å². The van der Waals surface area contributed by atoms with E-state index in [0.717, 1.165) is 0 Å². The lowest BCUT2D eigenvalue weighted by atomic mass is 10.0. The van der Waals surface area contributed by atoms with Crippen LogP contribution in [0.15, 0.2) is 11.8 Å². The van der Waals surface area contributed by atoms with Crippen molar-refractivity contribution in [2.24, 2.45) is 5.92 Å². The van der Waals surface area contributed by atoms with Gasteiger partial charge in [0.25, 0.3) is 0 Å². The quantitative estimate of drug-likeness (QED) is 0.599. The average Bonchev–Trinajstić information content (AvgIpc) is 2.27. The van der Waals surface area contributed by atoms with Gasteiger partial charge in [0.1, 0.15) is 17.3 Å². The molecule has 0 unspecified atom stereocenters. The first-order valence-electron chi connectivity index (χ1n) is 6.95. The highest BCUT2D eigenvalue weighted by atomic mass is 16.6. The van der Waals surface area contributed by atoms with E-state index in [-0.39, 0.29) is 24.2 Å². The van der Waals surface area contributed by atoms with Crippen molar-refractivity contribution in [1.82, 2.24) is 5.32 Å². The highest BCUT2D eigenvalue weighted by Crippen LogP contribution is 2.13. The Morgan fingerprint density at radius 2 is 1.80 bits per heavy atom. The van der Waals surface area contributed by atoms with Gasteiger partial charge in [-0.25, -0.2) is 9.59 Å². The molecule has 0 aromatic rings. The van der Waals surface area contributed by atoms with Gasteiger partial charge in [-0.05, 0) is 40.5 Å². The molecule has 5 heteroatoms. The van der Waals surface area contributed by atoms with Gasteiger partial charge in [-0.2, -0.15) is 0 Å². The summed E-state index contributed by atoms with van der Waals surface area (Å²) < 4.78 is 10.3. The number of hydrogen-bond donors (Lipinski definition) is 1. The minimum Gasteiger partial charge on any atom is -0.461 e. The van der Waals surface area contributed by atoms with Gasteiger partial charge in [0.2, 0.25) is 0 Å². The van der Waals surface area contributed by atoms with E-state index < -0.39 is 17.6 Å². The molecule has 0 aliphatic heterocycles. The van der Waals surface area contributed by atoms with Crippen LogP contribution in [0.3, 0.4) is 0 Å². The lowest BCUT2D eigenvalue weighted by molar-refractivity contribution is -0.158. The van der Waals surface area contributed by atoms with Gasteiger partial charge in [0.05, 0.1) is 6.61 Å². The number of carbonyl (C=O) groups is 2. The van der Waals surface area contributed by atoms with E-state index >= 15 is 0 Å². The Labute approximate surface area is 121 Å². The van der Waals surface area contributed by atoms with Crippen molar-refractivity contribution in [1.29, 1.82) is 0 Å². The van der Waals surface area contributed by atoms with E-state index in [1.165, 1.54) is 0 Å². The normalized spacial score (nSPS) is 13.9. The summed E-state index contributed by atoms with van der Waals surface area (Å²) in [6, 6.07) is -0.593. The standard InChI is InChI=1S/C15H27NO4/c1-8-11(13(17)19-9-2)16-12(10(3)4)14(18)20-15(5,6)7/h8,10,12,16H,9H2,1-7H3/b11-8-/t12-/m1/s1. The molecule has 0 aromatic heterocycles. The van der Waals surface area contributed by atoms with Crippen LogP contribution in [0, 0.1) is 5.92 Å². The summed E-state index contributed by atoms with van der Waals surface area (Å²) in [4.78, 5) is 23.9. The topological polar surface area (TPSA) is 64.6 Å². The molecule has 0 amide bonds. The molecule has 116 valence electrons. The van der Waals surface area contributed by atoms with Crippen LogP contribution in [-0.2, 0) is 19.1 Å². The van der Waals surface area contributed by atoms with Crippen molar-refractivity contribution in [3.8, 4) is 0 Å². The Bertz CT molecular complexity index is 367. The number of esters is 2. The second-order valence-electron chi connectivity index (χ2n) is 5.82. The molecule has 1 atom stereocenters. The fourth-order valence-electron chi connectivity index (χ4n) is 1.50. The summed E-state index contributed by atoms with van der Waals surface area (Å²) in [5, 5.41) is 2.92. The van der Waals surface area contributed by atoms with Gasteiger partial charge < -0.3 is 14.8 Å². The second-order valence-corrected chi connectivity index (χ2v) is 5.82. The number of allylic oxidation sites excluding steroid dienone is 1. The molecule has 0 bridgehead atoms. The summed E-state index contributed by atoms with van der Waals surface area (Å²) in [6.07, 6.45) is 1.59. The predicted octanol–water partition coefficient (Wildman–Crippen LogP) is 2.41. The Morgan fingerprint density at radius 1 is 1.25 bits per heavy atom. The van der Waals surface area contributed by atoms with Gasteiger partial charge in [-0.3, -0.25) is 0 Å². The Balaban J connectivity index is 4.94. The van der Waals surface area contributed by atoms with E-state index in [9.17, 15) is 9.59 Å². The minimum atomic E-state index is -0.593. The zero-order valence-corrected chi connectivity index (χ0v) is 13.6. The monoisotopic (exact) mass is 285 g/mol. The maximum atomic E-state index is 12.2. The summed E-state index contributed by atoms with van der Waals surface area (Å²) >= 11 is 0. The first kappa shape index (κ1) is 18.5. The van der Waals surface area contributed by atoms with Crippen molar-refractivity contribution in [3.05, 3.63) is 11.8 Å². The molecule has 0 aliphatic carbocycles. The van der Waals surface area contributed by atoms with E-state index in [1.54, 1.807) is 19.9 Å². The molecular formula is C15H27NO4. The molecule has 0 rings (SSSR count). The Hall–Kier alpha value is -1.52. The molecule has 0 radical (unpaired) electrons. The third kappa shape index (κ3) is 6.59. The van der Waals surface area contributed by atoms with Crippen molar-refractivity contribution in [2.45, 2.75) is 60.1 Å². The van der Waals surface area contributed by atoms with E-state index in [2.05, 4.69) is 5.32 Å². The third-order valence-electron chi connectivity index (χ3n) is 2.42. The molecule has 5 nitrogen and oxygen atoms in total. The maximum Gasteiger partial charge on any atom is 0.354 e. The summed E-state index contributed by atoms with van der Waals surface area (Å²) in [7, 11) is 0. The molecule has 0 aromatic carbocycles. The van der Waals surface area contributed by atoms with Crippen LogP contribution in [0.2, 0.25) is 0 Å². The van der Waals surface area contributed by atoms with Crippen LogP contribution in [0.1, 0.15) is 48.5 Å². The molecular weight excluding hydrogens is 258 g/mol. The zero-order chi connectivity index (χ0) is 15.9. The molecule has 1 N–H and O–H groups in total. The van der Waals surface area contributed by atoms with Gasteiger partial charge >= 0.3 is 11.9 Å². The molecule has 0 fully saturated rings. The van der Waals surface area contributed by atoms with Gasteiger partial charge in [-0.1, -0.05) is 19.9 Å². The molecule has 0 aliphatic rings. The largest absolute Gasteiger partial charge is 0.461 e. The minimum absolute atomic E-state index is 0.0192. The number of carbonyl (C=O) groups excluding carboxylic acids is 2. The molecule has 0 spiro atoms. The second kappa shape index (κ2) is 7.92. The average molecular weight is 285 g/mol. The fraction of sp³-hybridized carbons (Fsp3) is 0.733. The Kier molecular flexibility index (Phi) is 7.32.